The van der Waals surface area contributed by atoms with Gasteiger partial charge >= 0.3 is 0 Å². The highest BCUT2D eigenvalue weighted by Crippen LogP contribution is 2.26. The van der Waals surface area contributed by atoms with Crippen LogP contribution in [-0.4, -0.2) is 325 Å². The van der Waals surface area contributed by atoms with Gasteiger partial charge in [-0.05, 0) is 70.6 Å². The Kier molecular flexibility index (Phi) is 50.7. The maximum absolute atomic E-state index is 13.9. The van der Waals surface area contributed by atoms with Crippen LogP contribution in [0.3, 0.4) is 0 Å². The first-order valence-corrected chi connectivity index (χ1v) is 37.8. The number of ether oxygens (including phenoxy) is 9. The molecule has 0 aromatic carbocycles. The molecule has 3 aliphatic heterocycles. The summed E-state index contributed by atoms with van der Waals surface area (Å²) in [4.78, 5) is 102. The number of rotatable bonds is 61. The number of hydrogen-bond acceptors (Lipinski definition) is 29. The van der Waals surface area contributed by atoms with Crippen LogP contribution in [0.1, 0.15) is 174 Å². The molecule has 0 spiro atoms. The molecule has 0 aliphatic carbocycles. The number of amides is 7. The number of aliphatic hydroxyl groups excluding tert-OH is 12. The predicted molar refractivity (Wildman–Crippen MR) is 376 cm³/mol. The van der Waals surface area contributed by atoms with Crippen molar-refractivity contribution >= 4 is 47.1 Å². The van der Waals surface area contributed by atoms with Gasteiger partial charge in [0.2, 0.25) is 41.4 Å². The third kappa shape index (κ3) is 39.7. The number of hydrogen-bond donors (Lipinski definition) is 19. The summed E-state index contributed by atoms with van der Waals surface area (Å²) in [6.45, 7) is 2.73. The first-order chi connectivity index (χ1) is 50.9. The van der Waals surface area contributed by atoms with Crippen LogP contribution in [0.25, 0.3) is 0 Å². The summed E-state index contributed by atoms with van der Waals surface area (Å²) in [6, 6.07) is 0. The van der Waals surface area contributed by atoms with E-state index in [1.807, 2.05) is 13.8 Å². The van der Waals surface area contributed by atoms with E-state index in [0.29, 0.717) is 70.6 Å². The number of ketones is 1. The van der Waals surface area contributed by atoms with Crippen molar-refractivity contribution in [2.24, 2.45) is 5.92 Å². The van der Waals surface area contributed by atoms with E-state index in [9.17, 15) is 99.6 Å². The minimum Gasteiger partial charge on any atom is -0.394 e. The zero-order valence-electron chi connectivity index (χ0n) is 61.9. The number of Topliss-reactive ketones (excluding diaryl/α,β-unsaturated/α-hetero) is 1. The Bertz CT molecular complexity index is 2230. The molecule has 616 valence electrons. The van der Waals surface area contributed by atoms with E-state index in [0.717, 1.165) is 44.9 Å². The molecule has 3 rings (SSSR count). The van der Waals surface area contributed by atoms with Crippen LogP contribution in [0.4, 0.5) is 0 Å². The lowest BCUT2D eigenvalue weighted by Gasteiger charge is -2.39. The molecule has 36 heteroatoms. The van der Waals surface area contributed by atoms with Gasteiger partial charge in [0.1, 0.15) is 84.6 Å². The largest absolute Gasteiger partial charge is 0.394 e. The minimum atomic E-state index is -1.57. The monoisotopic (exact) mass is 1530 g/mol. The van der Waals surface area contributed by atoms with Gasteiger partial charge in [-0.1, -0.05) is 52.4 Å². The summed E-state index contributed by atoms with van der Waals surface area (Å²) in [5.41, 5.74) is -1.39. The predicted octanol–water partition coefficient (Wildman–Crippen LogP) is -3.98. The van der Waals surface area contributed by atoms with Gasteiger partial charge in [0.15, 0.2) is 18.9 Å². The van der Waals surface area contributed by atoms with Gasteiger partial charge in [0.05, 0.1) is 59.5 Å². The summed E-state index contributed by atoms with van der Waals surface area (Å²) >= 11 is 0. The SMILES string of the molecule is CC(C)C(=O)CCCCCCCCCCC(=O)NC(COCCC(=O)NCCCNC(=O)CCCCO[C@H]1OC(CO)[C@@H](O)C(O)C1O)(COCCC(=O)NCCCNC(=O)CCCCO[C@H]1OC(CO)[C@@H](O)C(O)C1O)COCCC(=O)NCCCNC(=O)CCCCO[C@H]1OC(CO)[C@@H](O)C(O)C1O. The Morgan fingerprint density at radius 2 is 0.566 bits per heavy atom. The van der Waals surface area contributed by atoms with Gasteiger partial charge in [-0.2, -0.15) is 0 Å². The lowest BCUT2D eigenvalue weighted by molar-refractivity contribution is -0.301. The zero-order chi connectivity index (χ0) is 78.1. The van der Waals surface area contributed by atoms with Crippen molar-refractivity contribution in [2.75, 3.05) is 119 Å². The average molecular weight is 1530 g/mol. The summed E-state index contributed by atoms with van der Waals surface area (Å²) in [6.07, 6.45) is -9.32. The fourth-order valence-electron chi connectivity index (χ4n) is 11.4. The second-order valence-electron chi connectivity index (χ2n) is 27.4. The molecular formula is C70H127N7O29. The van der Waals surface area contributed by atoms with E-state index >= 15 is 0 Å². The quantitative estimate of drug-likeness (QED) is 0.0258. The standard InChI is InChI=1S/C70H127N7O29/c1-46(2)47(81)20-9-7-5-3-4-6-8-10-24-57(88)77-70(43-98-37-25-54(85)74-31-17-28-71-51(82)21-11-14-34-101-67-64(95)61(92)58(89)48(40-78)104-67,44-99-38-26-55(86)75-32-18-29-72-52(83)22-12-15-35-102-68-65(96)62(93)59(90)49(41-79)105-68)45-100-39-27-56(87)76-33-19-30-73-53(84)23-13-16-36-103-69-66(97)63(94)60(91)50(42-80)106-69/h46,48-50,58-69,78-80,89-97H,3-45H2,1-2H3,(H,71,82)(H,72,83)(H,73,84)(H,74,85)(H,75,86)(H,76,87)(H,77,88)/t48?,49?,50?,58-,59-,60-,61?,62?,63?,64?,65?,66?,67+,68+,69+,70?/m1/s1. The highest BCUT2D eigenvalue weighted by Gasteiger charge is 2.46. The Labute approximate surface area is 621 Å². The second-order valence-corrected chi connectivity index (χ2v) is 27.4. The summed E-state index contributed by atoms with van der Waals surface area (Å²) in [5, 5.41) is 138. The first kappa shape index (κ1) is 95.3. The van der Waals surface area contributed by atoms with Crippen molar-refractivity contribution in [1.29, 1.82) is 0 Å². The maximum Gasteiger partial charge on any atom is 0.222 e. The lowest BCUT2D eigenvalue weighted by atomic mass is 9.99. The fraction of sp³-hybridized carbons (Fsp3) is 0.886. The molecule has 0 aromatic rings. The molecular weight excluding hydrogens is 1400 g/mol. The number of unbranched alkanes of at least 4 members (excludes halogenated alkanes) is 10. The summed E-state index contributed by atoms with van der Waals surface area (Å²) in [7, 11) is 0. The molecule has 0 bridgehead atoms. The second kappa shape index (κ2) is 56.4. The van der Waals surface area contributed by atoms with E-state index in [-0.39, 0.29) is 197 Å². The zero-order valence-corrected chi connectivity index (χ0v) is 61.9. The maximum atomic E-state index is 13.9. The molecule has 15 atom stereocenters. The van der Waals surface area contributed by atoms with Crippen LogP contribution in [0.15, 0.2) is 0 Å². The number of carbonyl (C=O) groups excluding carboxylic acids is 8. The molecule has 3 aliphatic rings. The van der Waals surface area contributed by atoms with Gasteiger partial charge in [-0.15, -0.1) is 0 Å². The molecule has 0 aromatic heterocycles. The van der Waals surface area contributed by atoms with E-state index in [1.54, 1.807) is 0 Å². The van der Waals surface area contributed by atoms with Crippen LogP contribution in [0, 0.1) is 5.92 Å². The Hall–Kier alpha value is -4.88. The molecule has 0 saturated carbocycles. The van der Waals surface area contributed by atoms with Crippen molar-refractivity contribution in [3.63, 3.8) is 0 Å². The van der Waals surface area contributed by atoms with Gasteiger partial charge in [-0.25, -0.2) is 0 Å². The van der Waals surface area contributed by atoms with E-state index in [2.05, 4.69) is 37.2 Å². The van der Waals surface area contributed by atoms with E-state index in [1.165, 1.54) is 0 Å². The molecule has 19 N–H and O–H groups in total. The van der Waals surface area contributed by atoms with Crippen LogP contribution >= 0.6 is 0 Å². The van der Waals surface area contributed by atoms with Crippen molar-refractivity contribution in [2.45, 2.75) is 272 Å². The average Bonchev–Trinajstić information content (AvgIpc) is 0.837. The van der Waals surface area contributed by atoms with Crippen molar-refractivity contribution in [3.8, 4) is 0 Å². The number of nitrogens with one attached hydrogen (secondary N) is 7. The number of aliphatic hydroxyl groups is 12. The smallest absolute Gasteiger partial charge is 0.222 e. The van der Waals surface area contributed by atoms with Crippen LogP contribution in [0.2, 0.25) is 0 Å². The van der Waals surface area contributed by atoms with Gasteiger partial charge in [0, 0.05) is 116 Å². The molecule has 3 heterocycles. The van der Waals surface area contributed by atoms with Crippen molar-refractivity contribution < 1.29 is 142 Å². The minimum absolute atomic E-state index is 0.0277. The van der Waals surface area contributed by atoms with E-state index in [4.69, 9.17) is 42.6 Å². The van der Waals surface area contributed by atoms with Crippen LogP contribution in [-0.2, 0) is 81.0 Å². The topological polar surface area (TPSA) is 547 Å². The third-order valence-corrected chi connectivity index (χ3v) is 18.0. The van der Waals surface area contributed by atoms with Gasteiger partial charge in [0.25, 0.3) is 0 Å². The van der Waals surface area contributed by atoms with Crippen molar-refractivity contribution in [3.05, 3.63) is 0 Å². The molecule has 3 saturated heterocycles. The van der Waals surface area contributed by atoms with E-state index < -0.39 is 117 Å². The molecule has 106 heavy (non-hydrogen) atoms. The molecule has 3 fully saturated rings. The number of carbonyl (C=O) groups is 8. The summed E-state index contributed by atoms with van der Waals surface area (Å²) < 4.78 is 50.6. The summed E-state index contributed by atoms with van der Waals surface area (Å²) in [5.74, 6) is -1.84. The first-order valence-electron chi connectivity index (χ1n) is 37.8. The molecule has 7 amide bonds. The highest BCUT2D eigenvalue weighted by atomic mass is 16.7. The Balaban J connectivity index is 1.53. The van der Waals surface area contributed by atoms with Gasteiger partial charge < -0.3 is 141 Å². The van der Waals surface area contributed by atoms with Crippen LogP contribution < -0.4 is 37.2 Å². The lowest BCUT2D eigenvalue weighted by Crippen LogP contribution is -2.59. The highest BCUT2D eigenvalue weighted by molar-refractivity contribution is 5.80. The van der Waals surface area contributed by atoms with Crippen molar-refractivity contribution in [1.82, 2.24) is 37.2 Å². The molecule has 36 nitrogen and oxygen atoms in total. The third-order valence-electron chi connectivity index (χ3n) is 18.0. The normalized spacial score (nSPS) is 25.1. The van der Waals surface area contributed by atoms with Gasteiger partial charge in [-0.3, -0.25) is 38.4 Å². The molecule has 0 radical (unpaired) electrons. The Morgan fingerprint density at radius 1 is 0.311 bits per heavy atom. The Morgan fingerprint density at radius 3 is 0.849 bits per heavy atom. The fourth-order valence-corrected chi connectivity index (χ4v) is 11.4. The van der Waals surface area contributed by atoms with Crippen LogP contribution in [0.5, 0.6) is 0 Å². The molecule has 9 unspecified atom stereocenters.